The molecule has 0 rings (SSSR count). The van der Waals surface area contributed by atoms with Crippen LogP contribution in [0.4, 0.5) is 0 Å². The van der Waals surface area contributed by atoms with Crippen LogP contribution in [0.2, 0.25) is 0 Å². The Balaban J connectivity index is 4.49. The van der Waals surface area contributed by atoms with E-state index in [1.54, 1.807) is 0 Å². The Morgan fingerprint density at radius 3 is 1.80 bits per heavy atom. The second-order valence-corrected chi connectivity index (χ2v) is 2.80. The van der Waals surface area contributed by atoms with Gasteiger partial charge in [-0.2, -0.15) is 0 Å². The average molecular weight is 225 g/mol. The van der Waals surface area contributed by atoms with Crippen LogP contribution < -0.4 is 0 Å². The van der Waals surface area contributed by atoms with Crippen molar-refractivity contribution in [2.24, 2.45) is 0 Å². The molecule has 9 heteroatoms. The first-order valence-corrected chi connectivity index (χ1v) is 3.82. The molecule has 0 saturated carbocycles. The molecule has 0 amide bonds. The molecule has 88 valence electrons. The Labute approximate surface area is 83.3 Å². The van der Waals surface area contributed by atoms with Gasteiger partial charge in [0.2, 0.25) is 0 Å². The number of carbonyl (C=O) groups is 1. The van der Waals surface area contributed by atoms with E-state index in [2.05, 4.69) is 0 Å². The number of rotatable bonds is 6. The summed E-state index contributed by atoms with van der Waals surface area (Å²) in [4.78, 5) is 18.7. The van der Waals surface area contributed by atoms with E-state index in [1.165, 1.54) is 0 Å². The molecular weight excluding hydrogens is 214 g/mol. The molecule has 0 heterocycles. The maximum absolute atomic E-state index is 9.98. The minimum atomic E-state index is -2.52. The van der Waals surface area contributed by atoms with Crippen LogP contribution in [0.25, 0.3) is 0 Å². The lowest BCUT2D eigenvalue weighted by molar-refractivity contribution is -0.585. The van der Waals surface area contributed by atoms with Crippen molar-refractivity contribution in [3.05, 3.63) is 10.1 Å². The SMILES string of the molecule is O=C[C@H](O)[C@@H](O)[C@H](O)[C@H](O)C(O)[N+](=O)[O-]. The molecule has 0 bridgehead atoms. The summed E-state index contributed by atoms with van der Waals surface area (Å²) in [5, 5.41) is 54.3. The fourth-order valence-corrected chi connectivity index (χ4v) is 0.786. The number of hydrogen-bond acceptors (Lipinski definition) is 8. The molecule has 0 saturated heterocycles. The Kier molecular flexibility index (Phi) is 5.25. The Morgan fingerprint density at radius 1 is 1.00 bits per heavy atom. The van der Waals surface area contributed by atoms with Gasteiger partial charge in [0.15, 0.2) is 12.4 Å². The van der Waals surface area contributed by atoms with Crippen molar-refractivity contribution in [2.45, 2.75) is 30.6 Å². The lowest BCUT2D eigenvalue weighted by atomic mass is 10.0. The highest BCUT2D eigenvalue weighted by Gasteiger charge is 2.39. The van der Waals surface area contributed by atoms with Crippen LogP contribution in [-0.2, 0) is 4.79 Å². The maximum atomic E-state index is 9.98. The third-order valence-corrected chi connectivity index (χ3v) is 1.71. The molecule has 0 spiro atoms. The highest BCUT2D eigenvalue weighted by molar-refractivity contribution is 5.56. The maximum Gasteiger partial charge on any atom is 0.341 e. The van der Waals surface area contributed by atoms with E-state index in [-0.39, 0.29) is 6.29 Å². The molecule has 0 aromatic heterocycles. The van der Waals surface area contributed by atoms with Gasteiger partial charge >= 0.3 is 6.23 Å². The standard InChI is InChI=1S/C6H11NO8/c8-1-2(9)3(10)4(11)5(12)6(13)7(14)15/h1-6,9-13H/t2-,3+,4-,5-,6?/m0/s1. The van der Waals surface area contributed by atoms with E-state index in [0.29, 0.717) is 0 Å². The number of aldehydes is 1. The summed E-state index contributed by atoms with van der Waals surface area (Å²) in [6.07, 6.45) is -11.3. The second-order valence-electron chi connectivity index (χ2n) is 2.80. The predicted octanol–water partition coefficient (Wildman–Crippen LogP) is -3.78. The molecule has 5 N–H and O–H groups in total. The van der Waals surface area contributed by atoms with Gasteiger partial charge in [-0.1, -0.05) is 0 Å². The van der Waals surface area contributed by atoms with Gasteiger partial charge in [0.05, 0.1) is 4.92 Å². The van der Waals surface area contributed by atoms with Gasteiger partial charge in [-0.15, -0.1) is 0 Å². The van der Waals surface area contributed by atoms with E-state index < -0.39 is 35.6 Å². The van der Waals surface area contributed by atoms with Crippen LogP contribution in [0, 0.1) is 10.1 Å². The second kappa shape index (κ2) is 5.68. The minimum absolute atomic E-state index is 0.126. The topological polar surface area (TPSA) is 161 Å². The van der Waals surface area contributed by atoms with Crippen LogP contribution in [0.1, 0.15) is 0 Å². The Bertz CT molecular complexity index is 233. The Morgan fingerprint density at radius 2 is 1.47 bits per heavy atom. The molecule has 9 nitrogen and oxygen atoms in total. The van der Waals surface area contributed by atoms with Crippen molar-refractivity contribution in [1.29, 1.82) is 0 Å². The minimum Gasteiger partial charge on any atom is -0.387 e. The van der Waals surface area contributed by atoms with E-state index in [0.717, 1.165) is 0 Å². The van der Waals surface area contributed by atoms with Gasteiger partial charge in [0.1, 0.15) is 18.3 Å². The number of nitrogens with zero attached hydrogens (tertiary/aromatic N) is 1. The van der Waals surface area contributed by atoms with Crippen molar-refractivity contribution in [2.75, 3.05) is 0 Å². The molecule has 0 fully saturated rings. The molecule has 0 aliphatic heterocycles. The fourth-order valence-electron chi connectivity index (χ4n) is 0.786. The lowest BCUT2D eigenvalue weighted by Gasteiger charge is -2.23. The summed E-state index contributed by atoms with van der Waals surface area (Å²) < 4.78 is 0. The summed E-state index contributed by atoms with van der Waals surface area (Å²) in [5.41, 5.74) is 0. The number of hydrogen-bond donors (Lipinski definition) is 5. The highest BCUT2D eigenvalue weighted by atomic mass is 16.7. The van der Waals surface area contributed by atoms with Gasteiger partial charge in [-0.05, 0) is 0 Å². The molecule has 1 unspecified atom stereocenters. The normalized spacial score (nSPS) is 21.1. The van der Waals surface area contributed by atoms with Crippen molar-refractivity contribution in [3.8, 4) is 0 Å². The average Bonchev–Trinajstić information content (AvgIpc) is 2.23. The molecule has 0 aliphatic carbocycles. The van der Waals surface area contributed by atoms with Crippen molar-refractivity contribution in [3.63, 3.8) is 0 Å². The first-order chi connectivity index (χ1) is 6.82. The summed E-state index contributed by atoms with van der Waals surface area (Å²) in [6.45, 7) is 0. The van der Waals surface area contributed by atoms with Crippen LogP contribution in [0.5, 0.6) is 0 Å². The van der Waals surface area contributed by atoms with E-state index in [1.807, 2.05) is 0 Å². The van der Waals surface area contributed by atoms with Gasteiger partial charge in [-0.25, -0.2) is 0 Å². The smallest absolute Gasteiger partial charge is 0.341 e. The van der Waals surface area contributed by atoms with Crippen LogP contribution in [0.15, 0.2) is 0 Å². The monoisotopic (exact) mass is 225 g/mol. The van der Waals surface area contributed by atoms with Gasteiger partial charge in [0, 0.05) is 0 Å². The molecule has 0 aromatic rings. The summed E-state index contributed by atoms with van der Waals surface area (Å²) >= 11 is 0. The first-order valence-electron chi connectivity index (χ1n) is 3.82. The Hall–Kier alpha value is -1.13. The fraction of sp³-hybridized carbons (Fsp3) is 0.833. The van der Waals surface area contributed by atoms with Crippen molar-refractivity contribution >= 4 is 6.29 Å². The zero-order chi connectivity index (χ0) is 12.2. The molecule has 0 aliphatic rings. The summed E-state index contributed by atoms with van der Waals surface area (Å²) in [5.74, 6) is 0. The van der Waals surface area contributed by atoms with Crippen molar-refractivity contribution < 1.29 is 35.3 Å². The summed E-state index contributed by atoms with van der Waals surface area (Å²) in [6, 6.07) is 0. The predicted molar refractivity (Wildman–Crippen MR) is 43.1 cm³/mol. The molecule has 0 radical (unpaired) electrons. The molecule has 5 atom stereocenters. The first kappa shape index (κ1) is 13.9. The van der Waals surface area contributed by atoms with Gasteiger partial charge < -0.3 is 30.3 Å². The zero-order valence-electron chi connectivity index (χ0n) is 7.37. The quantitative estimate of drug-likeness (QED) is 0.133. The number of carbonyl (C=O) groups excluding carboxylic acids is 1. The van der Waals surface area contributed by atoms with Gasteiger partial charge in [0.25, 0.3) is 0 Å². The third kappa shape index (κ3) is 3.49. The molecule has 0 aromatic carbocycles. The summed E-state index contributed by atoms with van der Waals surface area (Å²) in [7, 11) is 0. The largest absolute Gasteiger partial charge is 0.387 e. The van der Waals surface area contributed by atoms with E-state index in [9.17, 15) is 14.9 Å². The third-order valence-electron chi connectivity index (χ3n) is 1.71. The number of aliphatic hydroxyl groups excluding tert-OH is 5. The molecular formula is C6H11NO8. The highest BCUT2D eigenvalue weighted by Crippen LogP contribution is 2.07. The van der Waals surface area contributed by atoms with Crippen LogP contribution in [-0.4, -0.2) is 67.4 Å². The van der Waals surface area contributed by atoms with Crippen LogP contribution in [0.3, 0.4) is 0 Å². The molecule has 15 heavy (non-hydrogen) atoms. The van der Waals surface area contributed by atoms with E-state index in [4.69, 9.17) is 25.5 Å². The number of aliphatic hydroxyl groups is 5. The number of nitro groups is 1. The van der Waals surface area contributed by atoms with Crippen LogP contribution >= 0.6 is 0 Å². The van der Waals surface area contributed by atoms with Gasteiger partial charge in [-0.3, -0.25) is 10.1 Å². The van der Waals surface area contributed by atoms with Crippen molar-refractivity contribution in [1.82, 2.24) is 0 Å². The lowest BCUT2D eigenvalue weighted by Crippen LogP contribution is -2.51. The van der Waals surface area contributed by atoms with E-state index >= 15 is 0 Å². The zero-order valence-corrected chi connectivity index (χ0v) is 7.37.